The maximum absolute atomic E-state index is 11.3. The lowest BCUT2D eigenvalue weighted by atomic mass is 10.3. The Kier molecular flexibility index (Phi) is 4.04. The summed E-state index contributed by atoms with van der Waals surface area (Å²) in [6, 6.07) is 4.55. The number of amides is 1. The summed E-state index contributed by atoms with van der Waals surface area (Å²) in [4.78, 5) is 22.0. The van der Waals surface area contributed by atoms with E-state index in [0.29, 0.717) is 19.4 Å². The molecule has 2 N–H and O–H groups in total. The number of aromatic nitrogens is 2. The van der Waals surface area contributed by atoms with Crippen LogP contribution in [-0.2, 0) is 0 Å². The van der Waals surface area contributed by atoms with Gasteiger partial charge in [0.15, 0.2) is 0 Å². The highest BCUT2D eigenvalue weighted by molar-refractivity contribution is 5.91. The monoisotopic (exact) mass is 206 g/mol. The molecule has 1 heterocycles. The van der Waals surface area contributed by atoms with Gasteiger partial charge in [-0.15, -0.1) is 0 Å². The van der Waals surface area contributed by atoms with Crippen LogP contribution in [0.1, 0.15) is 23.3 Å². The summed E-state index contributed by atoms with van der Waals surface area (Å²) in [5.74, 6) is -0.357. The predicted octanol–water partition coefficient (Wildman–Crippen LogP) is -0.197. The van der Waals surface area contributed by atoms with Gasteiger partial charge in [-0.25, -0.2) is 5.10 Å². The van der Waals surface area contributed by atoms with Crippen LogP contribution < -0.4 is 10.9 Å². The summed E-state index contributed by atoms with van der Waals surface area (Å²) in [5, 5.41) is 16.6. The Balaban J connectivity index is 2.44. The van der Waals surface area contributed by atoms with Crippen molar-refractivity contribution in [1.29, 1.82) is 5.26 Å². The summed E-state index contributed by atoms with van der Waals surface area (Å²) < 4.78 is 0. The fourth-order valence-corrected chi connectivity index (χ4v) is 0.931. The van der Waals surface area contributed by atoms with E-state index in [1.165, 1.54) is 12.1 Å². The van der Waals surface area contributed by atoms with Gasteiger partial charge >= 0.3 is 0 Å². The Bertz CT molecular complexity index is 412. The van der Waals surface area contributed by atoms with Gasteiger partial charge in [0, 0.05) is 19.0 Å². The highest BCUT2D eigenvalue weighted by Gasteiger charge is 2.05. The Labute approximate surface area is 85.9 Å². The van der Waals surface area contributed by atoms with Gasteiger partial charge < -0.3 is 5.32 Å². The van der Waals surface area contributed by atoms with Crippen LogP contribution in [0, 0.1) is 11.3 Å². The third kappa shape index (κ3) is 3.60. The van der Waals surface area contributed by atoms with E-state index in [9.17, 15) is 9.59 Å². The largest absolute Gasteiger partial charge is 0.351 e. The highest BCUT2D eigenvalue weighted by atomic mass is 16.2. The average Bonchev–Trinajstić information content (AvgIpc) is 2.25. The smallest absolute Gasteiger partial charge is 0.271 e. The van der Waals surface area contributed by atoms with Gasteiger partial charge in [0.1, 0.15) is 5.69 Å². The SMILES string of the molecule is N#CCCCNC(=O)c1ccc(=O)[nH]n1. The van der Waals surface area contributed by atoms with Crippen molar-refractivity contribution in [2.24, 2.45) is 0 Å². The standard InChI is InChI=1S/C9H10N4O2/c10-5-1-2-6-11-9(15)7-3-4-8(14)13-12-7/h3-4H,1-2,6H2,(H,11,15)(H,13,14). The molecule has 15 heavy (non-hydrogen) atoms. The number of nitrogens with zero attached hydrogens (tertiary/aromatic N) is 2. The lowest BCUT2D eigenvalue weighted by Crippen LogP contribution is -2.26. The Morgan fingerprint density at radius 3 is 3.00 bits per heavy atom. The Morgan fingerprint density at radius 2 is 2.40 bits per heavy atom. The predicted molar refractivity (Wildman–Crippen MR) is 52.0 cm³/mol. The maximum Gasteiger partial charge on any atom is 0.271 e. The van der Waals surface area contributed by atoms with E-state index >= 15 is 0 Å². The number of carbonyl (C=O) groups excluding carboxylic acids is 1. The minimum absolute atomic E-state index is 0.159. The van der Waals surface area contributed by atoms with Gasteiger partial charge in [-0.2, -0.15) is 10.4 Å². The third-order valence-electron chi connectivity index (χ3n) is 1.66. The Hall–Kier alpha value is -2.16. The molecule has 0 fully saturated rings. The van der Waals surface area contributed by atoms with Crippen molar-refractivity contribution in [2.75, 3.05) is 6.54 Å². The number of carbonyl (C=O) groups is 1. The normalized spacial score (nSPS) is 9.27. The van der Waals surface area contributed by atoms with Gasteiger partial charge in [0.05, 0.1) is 6.07 Å². The molecule has 0 aliphatic heterocycles. The number of nitriles is 1. The van der Waals surface area contributed by atoms with Crippen molar-refractivity contribution in [3.05, 3.63) is 28.2 Å². The zero-order valence-corrected chi connectivity index (χ0v) is 7.99. The van der Waals surface area contributed by atoms with Gasteiger partial charge in [0.25, 0.3) is 11.5 Å². The van der Waals surface area contributed by atoms with Crippen LogP contribution in [0.5, 0.6) is 0 Å². The number of aromatic amines is 1. The first kappa shape index (κ1) is 10.9. The zero-order chi connectivity index (χ0) is 11.1. The van der Waals surface area contributed by atoms with Crippen LogP contribution in [0.2, 0.25) is 0 Å². The number of H-pyrrole nitrogens is 1. The van der Waals surface area contributed by atoms with E-state index in [4.69, 9.17) is 5.26 Å². The molecule has 0 saturated heterocycles. The van der Waals surface area contributed by atoms with Crippen LogP contribution in [-0.4, -0.2) is 22.6 Å². The lowest BCUT2D eigenvalue weighted by molar-refractivity contribution is 0.0947. The maximum atomic E-state index is 11.3. The quantitative estimate of drug-likeness (QED) is 0.666. The number of hydrogen-bond donors (Lipinski definition) is 2. The van der Waals surface area contributed by atoms with Crippen molar-refractivity contribution in [1.82, 2.24) is 15.5 Å². The Morgan fingerprint density at radius 1 is 1.60 bits per heavy atom. The van der Waals surface area contributed by atoms with Crippen LogP contribution in [0.25, 0.3) is 0 Å². The van der Waals surface area contributed by atoms with Crippen molar-refractivity contribution in [3.63, 3.8) is 0 Å². The van der Waals surface area contributed by atoms with Crippen LogP contribution in [0.4, 0.5) is 0 Å². The summed E-state index contributed by atoms with van der Waals surface area (Å²) in [5.41, 5.74) is -0.192. The molecule has 0 aromatic carbocycles. The number of nitrogens with one attached hydrogen (secondary N) is 2. The number of hydrogen-bond acceptors (Lipinski definition) is 4. The molecule has 0 radical (unpaired) electrons. The molecule has 1 amide bonds. The molecule has 0 aliphatic carbocycles. The first-order valence-electron chi connectivity index (χ1n) is 4.45. The van der Waals surface area contributed by atoms with E-state index in [1.54, 1.807) is 0 Å². The molecule has 0 bridgehead atoms. The molecule has 1 rings (SSSR count). The first-order valence-corrected chi connectivity index (χ1v) is 4.45. The van der Waals surface area contributed by atoms with E-state index in [2.05, 4.69) is 15.5 Å². The first-order chi connectivity index (χ1) is 7.24. The van der Waals surface area contributed by atoms with E-state index in [0.717, 1.165) is 0 Å². The fourth-order valence-electron chi connectivity index (χ4n) is 0.931. The summed E-state index contributed by atoms with van der Waals surface area (Å²) in [6.07, 6.45) is 1.00. The van der Waals surface area contributed by atoms with Gasteiger partial charge in [-0.1, -0.05) is 0 Å². The molecule has 78 valence electrons. The second-order valence-electron chi connectivity index (χ2n) is 2.82. The fraction of sp³-hybridized carbons (Fsp3) is 0.333. The minimum Gasteiger partial charge on any atom is -0.351 e. The van der Waals surface area contributed by atoms with Crippen molar-refractivity contribution in [2.45, 2.75) is 12.8 Å². The summed E-state index contributed by atoms with van der Waals surface area (Å²) >= 11 is 0. The summed E-state index contributed by atoms with van der Waals surface area (Å²) in [6.45, 7) is 0.424. The molecule has 0 spiro atoms. The van der Waals surface area contributed by atoms with Crippen molar-refractivity contribution in [3.8, 4) is 6.07 Å². The number of rotatable bonds is 4. The zero-order valence-electron chi connectivity index (χ0n) is 7.99. The van der Waals surface area contributed by atoms with Crippen LogP contribution in [0.3, 0.4) is 0 Å². The molecule has 6 nitrogen and oxygen atoms in total. The molecular formula is C9H10N4O2. The molecule has 6 heteroatoms. The van der Waals surface area contributed by atoms with Gasteiger partial charge in [0.2, 0.25) is 0 Å². The van der Waals surface area contributed by atoms with E-state index in [-0.39, 0.29) is 17.2 Å². The third-order valence-corrected chi connectivity index (χ3v) is 1.66. The molecule has 1 aromatic rings. The van der Waals surface area contributed by atoms with E-state index < -0.39 is 0 Å². The second kappa shape index (κ2) is 5.54. The van der Waals surface area contributed by atoms with E-state index in [1.807, 2.05) is 6.07 Å². The topological polar surface area (TPSA) is 98.6 Å². The van der Waals surface area contributed by atoms with Gasteiger partial charge in [-0.05, 0) is 12.5 Å². The van der Waals surface area contributed by atoms with Crippen molar-refractivity contribution < 1.29 is 4.79 Å². The molecule has 0 aliphatic rings. The molecule has 1 aromatic heterocycles. The van der Waals surface area contributed by atoms with Crippen LogP contribution in [0.15, 0.2) is 16.9 Å². The summed E-state index contributed by atoms with van der Waals surface area (Å²) in [7, 11) is 0. The number of unbranched alkanes of at least 4 members (excludes halogenated alkanes) is 1. The molecule has 0 atom stereocenters. The lowest BCUT2D eigenvalue weighted by Gasteiger charge is -2.01. The minimum atomic E-state index is -0.357. The second-order valence-corrected chi connectivity index (χ2v) is 2.82. The highest BCUT2D eigenvalue weighted by Crippen LogP contribution is 1.89. The van der Waals surface area contributed by atoms with Gasteiger partial charge in [-0.3, -0.25) is 9.59 Å². The van der Waals surface area contributed by atoms with Crippen molar-refractivity contribution >= 4 is 5.91 Å². The molecular weight excluding hydrogens is 196 g/mol. The average molecular weight is 206 g/mol. The van der Waals surface area contributed by atoms with Crippen LogP contribution >= 0.6 is 0 Å². The molecule has 0 unspecified atom stereocenters. The molecule has 0 saturated carbocycles.